The van der Waals surface area contributed by atoms with Gasteiger partial charge in [-0.1, -0.05) is 5.16 Å². The van der Waals surface area contributed by atoms with Gasteiger partial charge in [-0.25, -0.2) is 4.39 Å². The Morgan fingerprint density at radius 1 is 1.11 bits per heavy atom. The molecule has 0 atom stereocenters. The van der Waals surface area contributed by atoms with E-state index in [1.165, 1.54) is 6.07 Å². The second kappa shape index (κ2) is 9.84. The average Bonchev–Trinajstić information content (AvgIpc) is 3.52. The van der Waals surface area contributed by atoms with Crippen LogP contribution in [0.15, 0.2) is 41.1 Å². The smallest absolute Gasteiger partial charge is 0.188 e. The molecule has 0 amide bonds. The third-order valence-corrected chi connectivity index (χ3v) is 6.70. The Morgan fingerprint density at radius 2 is 1.97 bits per heavy atom. The van der Waals surface area contributed by atoms with Crippen LogP contribution in [0.2, 0.25) is 0 Å². The van der Waals surface area contributed by atoms with Gasteiger partial charge in [0.2, 0.25) is 0 Å². The van der Waals surface area contributed by atoms with Gasteiger partial charge in [-0.2, -0.15) is 5.10 Å². The van der Waals surface area contributed by atoms with Crippen LogP contribution in [0.5, 0.6) is 5.75 Å². The largest absolute Gasteiger partial charge is 0.488 e. The average molecular weight is 495 g/mol. The molecular formula is C25H27FN6O4. The number of nitrogens with zero attached hydrogens (tertiary/aromatic N) is 5. The molecule has 2 fully saturated rings. The third kappa shape index (κ3) is 4.41. The van der Waals surface area contributed by atoms with Gasteiger partial charge in [0, 0.05) is 56.8 Å². The monoisotopic (exact) mass is 494 g/mol. The molecule has 0 radical (unpaired) electrons. The minimum atomic E-state index is -0.486. The third-order valence-electron chi connectivity index (χ3n) is 6.70. The molecule has 0 bridgehead atoms. The number of benzene rings is 1. The first-order chi connectivity index (χ1) is 17.7. The first kappa shape index (κ1) is 22.9. The molecule has 2 aliphatic rings. The zero-order valence-electron chi connectivity index (χ0n) is 19.9. The zero-order chi connectivity index (χ0) is 24.5. The van der Waals surface area contributed by atoms with E-state index in [-0.39, 0.29) is 12.4 Å². The Kier molecular flexibility index (Phi) is 6.26. The molecule has 10 nitrogen and oxygen atoms in total. The van der Waals surface area contributed by atoms with Crippen molar-refractivity contribution in [3.63, 3.8) is 0 Å². The number of hydrogen-bond acceptors (Lipinski definition) is 9. The summed E-state index contributed by atoms with van der Waals surface area (Å²) in [4.78, 5) is 9.42. The van der Waals surface area contributed by atoms with Gasteiger partial charge >= 0.3 is 0 Å². The van der Waals surface area contributed by atoms with E-state index < -0.39 is 5.82 Å². The summed E-state index contributed by atoms with van der Waals surface area (Å²) in [6.45, 7) is 6.27. The van der Waals surface area contributed by atoms with E-state index in [0.29, 0.717) is 46.4 Å². The molecule has 0 spiro atoms. The summed E-state index contributed by atoms with van der Waals surface area (Å²) in [6, 6.07) is 9.28. The lowest BCUT2D eigenvalue weighted by Gasteiger charge is -2.47. The van der Waals surface area contributed by atoms with Gasteiger partial charge in [-0.15, -0.1) is 0 Å². The number of pyridine rings is 1. The van der Waals surface area contributed by atoms with Gasteiger partial charge in [0.05, 0.1) is 42.9 Å². The maximum absolute atomic E-state index is 14.6. The molecule has 6 rings (SSSR count). The van der Waals surface area contributed by atoms with Gasteiger partial charge in [0.25, 0.3) is 0 Å². The number of fused-ring (bicyclic) bond motifs is 1. The van der Waals surface area contributed by atoms with E-state index in [1.54, 1.807) is 19.2 Å². The fourth-order valence-electron chi connectivity index (χ4n) is 4.62. The van der Waals surface area contributed by atoms with Crippen molar-refractivity contribution in [1.82, 2.24) is 25.2 Å². The highest BCUT2D eigenvalue weighted by Crippen LogP contribution is 2.33. The first-order valence-corrected chi connectivity index (χ1v) is 12.0. The highest BCUT2D eigenvalue weighted by atomic mass is 19.1. The second-order valence-electron chi connectivity index (χ2n) is 8.93. The predicted molar refractivity (Wildman–Crippen MR) is 131 cm³/mol. The van der Waals surface area contributed by atoms with Crippen molar-refractivity contribution in [2.45, 2.75) is 6.04 Å². The van der Waals surface area contributed by atoms with Crippen molar-refractivity contribution in [2.75, 3.05) is 64.6 Å². The molecule has 0 saturated carbocycles. The lowest BCUT2D eigenvalue weighted by atomic mass is 10.1. The molecule has 0 aliphatic carbocycles. The molecular weight excluding hydrogens is 467 g/mol. The normalized spacial score (nSPS) is 17.0. The first-order valence-electron chi connectivity index (χ1n) is 12.0. The second-order valence-corrected chi connectivity index (χ2v) is 8.93. The van der Waals surface area contributed by atoms with Crippen LogP contribution in [0.25, 0.3) is 33.7 Å². The van der Waals surface area contributed by atoms with Crippen LogP contribution in [0, 0.1) is 5.82 Å². The quantitative estimate of drug-likeness (QED) is 0.371. The summed E-state index contributed by atoms with van der Waals surface area (Å²) < 4.78 is 36.0. The number of morpholine rings is 1. The van der Waals surface area contributed by atoms with Crippen molar-refractivity contribution in [1.29, 1.82) is 0 Å². The van der Waals surface area contributed by atoms with Crippen LogP contribution in [0.3, 0.4) is 0 Å². The summed E-state index contributed by atoms with van der Waals surface area (Å²) in [5.41, 5.74) is 3.47. The SMILES string of the molecule is COCCOc1cc2[nH]nc(-c3cc(-c4ccc(N5CC(N6CCOCC6)C5)cn4)no3)c2cc1F. The minimum Gasteiger partial charge on any atom is -0.488 e. The van der Waals surface area contributed by atoms with Crippen molar-refractivity contribution in [3.8, 4) is 28.6 Å². The molecule has 1 aromatic carbocycles. The maximum Gasteiger partial charge on any atom is 0.188 e. The van der Waals surface area contributed by atoms with Gasteiger partial charge in [-0.3, -0.25) is 15.0 Å². The summed E-state index contributed by atoms with van der Waals surface area (Å²) >= 11 is 0. The number of halogens is 1. The molecule has 11 heteroatoms. The molecule has 2 saturated heterocycles. The van der Waals surface area contributed by atoms with Gasteiger partial charge < -0.3 is 23.6 Å². The van der Waals surface area contributed by atoms with E-state index in [1.807, 2.05) is 12.3 Å². The number of aromatic nitrogens is 4. The summed E-state index contributed by atoms with van der Waals surface area (Å²) in [6.07, 6.45) is 1.86. The van der Waals surface area contributed by atoms with E-state index in [0.717, 1.165) is 45.1 Å². The van der Waals surface area contributed by atoms with Crippen LogP contribution in [-0.4, -0.2) is 91.0 Å². The van der Waals surface area contributed by atoms with E-state index >= 15 is 0 Å². The number of H-pyrrole nitrogens is 1. The minimum absolute atomic E-state index is 0.135. The van der Waals surface area contributed by atoms with E-state index in [4.69, 9.17) is 18.7 Å². The Morgan fingerprint density at radius 3 is 2.75 bits per heavy atom. The predicted octanol–water partition coefficient (Wildman–Crippen LogP) is 2.97. The standard InChI is InChI=1S/C25H27FN6O4/c1-33-8-9-35-23-11-21-18(10-19(23)26)25(29-28-21)24-12-22(30-36-24)20-3-2-16(13-27-20)32-14-17(15-32)31-4-6-34-7-5-31/h2-3,10-13,17H,4-9,14-15H2,1H3,(H,28,29). The van der Waals surface area contributed by atoms with Crippen LogP contribution in [-0.2, 0) is 9.47 Å². The molecule has 4 aromatic rings. The summed E-state index contributed by atoms with van der Waals surface area (Å²) in [7, 11) is 1.56. The molecule has 5 heterocycles. The number of rotatable bonds is 8. The van der Waals surface area contributed by atoms with Crippen LogP contribution >= 0.6 is 0 Å². The van der Waals surface area contributed by atoms with Crippen molar-refractivity contribution in [3.05, 3.63) is 42.3 Å². The molecule has 1 N–H and O–H groups in total. The summed E-state index contributed by atoms with van der Waals surface area (Å²) in [5.74, 6) is 0.0709. The Balaban J connectivity index is 1.14. The van der Waals surface area contributed by atoms with E-state index in [9.17, 15) is 4.39 Å². The van der Waals surface area contributed by atoms with Gasteiger partial charge in [0.15, 0.2) is 17.3 Å². The molecule has 36 heavy (non-hydrogen) atoms. The number of aromatic amines is 1. The van der Waals surface area contributed by atoms with Crippen LogP contribution in [0.4, 0.5) is 10.1 Å². The van der Waals surface area contributed by atoms with Crippen molar-refractivity contribution >= 4 is 16.6 Å². The Bertz CT molecular complexity index is 1330. The fraction of sp³-hybridized carbons (Fsp3) is 0.400. The Labute approximate surface area is 206 Å². The number of anilines is 1. The Hall–Kier alpha value is -3.54. The topological polar surface area (TPSA) is 102 Å². The maximum atomic E-state index is 14.6. The van der Waals surface area contributed by atoms with E-state index in [2.05, 4.69) is 36.2 Å². The molecule has 0 unspecified atom stereocenters. The highest BCUT2D eigenvalue weighted by molar-refractivity contribution is 5.92. The molecule has 3 aromatic heterocycles. The van der Waals surface area contributed by atoms with Crippen molar-refractivity contribution < 1.29 is 23.1 Å². The lowest BCUT2D eigenvalue weighted by molar-refractivity contribution is 0.0105. The zero-order valence-corrected chi connectivity index (χ0v) is 19.9. The van der Waals surface area contributed by atoms with Crippen LogP contribution < -0.4 is 9.64 Å². The van der Waals surface area contributed by atoms with Crippen LogP contribution in [0.1, 0.15) is 0 Å². The highest BCUT2D eigenvalue weighted by Gasteiger charge is 2.32. The van der Waals surface area contributed by atoms with Gasteiger partial charge in [-0.05, 0) is 18.2 Å². The number of hydrogen-bond donors (Lipinski definition) is 1. The fourth-order valence-corrected chi connectivity index (χ4v) is 4.62. The van der Waals surface area contributed by atoms with Gasteiger partial charge in [0.1, 0.15) is 18.0 Å². The van der Waals surface area contributed by atoms with Crippen molar-refractivity contribution in [2.24, 2.45) is 0 Å². The number of ether oxygens (including phenoxy) is 3. The number of nitrogens with one attached hydrogen (secondary N) is 1. The lowest BCUT2D eigenvalue weighted by Crippen LogP contribution is -2.61. The molecule has 188 valence electrons. The summed E-state index contributed by atoms with van der Waals surface area (Å²) in [5, 5.41) is 12.0. The number of methoxy groups -OCH3 is 1. The molecule has 2 aliphatic heterocycles.